The zero-order valence-corrected chi connectivity index (χ0v) is 10.9. The third-order valence-electron chi connectivity index (χ3n) is 2.50. The van der Waals surface area contributed by atoms with Crippen LogP contribution < -0.4 is 11.1 Å². The minimum atomic E-state index is -1.05. The van der Waals surface area contributed by atoms with Crippen molar-refractivity contribution in [1.82, 2.24) is 5.32 Å². The van der Waals surface area contributed by atoms with Crippen LogP contribution in [0.4, 0.5) is 0 Å². The molecule has 0 unspecified atom stereocenters. The van der Waals surface area contributed by atoms with Gasteiger partial charge in [0.25, 0.3) is 0 Å². The summed E-state index contributed by atoms with van der Waals surface area (Å²) >= 11 is 0. The molecule has 0 saturated heterocycles. The molecule has 0 bridgehead atoms. The zero-order valence-electron chi connectivity index (χ0n) is 10.9. The van der Waals surface area contributed by atoms with Crippen molar-refractivity contribution in [1.29, 1.82) is 0 Å². The van der Waals surface area contributed by atoms with Gasteiger partial charge >= 0.3 is 0 Å². The van der Waals surface area contributed by atoms with Crippen molar-refractivity contribution < 1.29 is 14.7 Å². The number of rotatable bonds is 8. The van der Waals surface area contributed by atoms with E-state index in [4.69, 9.17) is 5.73 Å². The molecular weight excluding hydrogens is 220 g/mol. The highest BCUT2D eigenvalue weighted by Gasteiger charge is 2.22. The summed E-state index contributed by atoms with van der Waals surface area (Å²) in [5, 5.41) is 12.0. The monoisotopic (exact) mass is 244 g/mol. The van der Waals surface area contributed by atoms with Gasteiger partial charge in [-0.05, 0) is 18.8 Å². The van der Waals surface area contributed by atoms with Crippen LogP contribution in [0.5, 0.6) is 0 Å². The molecular formula is C12H24N2O3. The molecule has 0 aliphatic rings. The number of aliphatic hydroxyl groups excluding tert-OH is 1. The Morgan fingerprint density at radius 2 is 1.94 bits per heavy atom. The second kappa shape index (κ2) is 8.06. The summed E-state index contributed by atoms with van der Waals surface area (Å²) in [6.45, 7) is 5.86. The predicted molar refractivity (Wildman–Crippen MR) is 66.1 cm³/mol. The third-order valence-corrected chi connectivity index (χ3v) is 2.50. The van der Waals surface area contributed by atoms with E-state index >= 15 is 0 Å². The van der Waals surface area contributed by atoms with E-state index in [2.05, 4.69) is 5.32 Å². The first kappa shape index (κ1) is 15.9. The highest BCUT2D eigenvalue weighted by molar-refractivity contribution is 5.88. The van der Waals surface area contributed by atoms with Crippen LogP contribution in [0.2, 0.25) is 0 Å². The number of carbonyl (C=O) groups excluding carboxylic acids is 2. The van der Waals surface area contributed by atoms with E-state index in [1.165, 1.54) is 0 Å². The number of hydrogen-bond acceptors (Lipinski definition) is 3. The quantitative estimate of drug-likeness (QED) is 0.582. The maximum absolute atomic E-state index is 11.6. The minimum Gasteiger partial charge on any atom is -0.383 e. The molecule has 17 heavy (non-hydrogen) atoms. The van der Waals surface area contributed by atoms with Crippen LogP contribution in [0.3, 0.4) is 0 Å². The molecule has 2 atom stereocenters. The van der Waals surface area contributed by atoms with E-state index in [0.717, 1.165) is 12.8 Å². The standard InChI is InChI=1S/C12H24N2O3/c1-4-5-6-10(15)12(17)14-9(11(13)16)7-8(2)3/h8-10,15H,4-7H2,1-3H3,(H2,13,16)(H,14,17)/t9-,10-/m0/s1. The summed E-state index contributed by atoms with van der Waals surface area (Å²) in [4.78, 5) is 22.7. The number of nitrogens with one attached hydrogen (secondary N) is 1. The molecule has 5 nitrogen and oxygen atoms in total. The molecule has 0 fully saturated rings. The first-order chi connectivity index (χ1) is 7.88. The Morgan fingerprint density at radius 1 is 1.35 bits per heavy atom. The van der Waals surface area contributed by atoms with Gasteiger partial charge < -0.3 is 16.2 Å². The Morgan fingerprint density at radius 3 is 2.35 bits per heavy atom. The number of nitrogens with two attached hydrogens (primary N) is 1. The smallest absolute Gasteiger partial charge is 0.249 e. The fourth-order valence-corrected chi connectivity index (χ4v) is 1.51. The Bertz CT molecular complexity index is 254. The molecule has 4 N–H and O–H groups in total. The number of hydrogen-bond donors (Lipinski definition) is 3. The summed E-state index contributed by atoms with van der Waals surface area (Å²) in [5.41, 5.74) is 5.20. The van der Waals surface area contributed by atoms with Gasteiger partial charge in [0, 0.05) is 0 Å². The number of amides is 2. The van der Waals surface area contributed by atoms with Gasteiger partial charge in [0.15, 0.2) is 0 Å². The van der Waals surface area contributed by atoms with E-state index in [1.54, 1.807) is 0 Å². The molecule has 0 aliphatic heterocycles. The average Bonchev–Trinajstić information content (AvgIpc) is 2.23. The molecule has 0 aromatic heterocycles. The second-order valence-electron chi connectivity index (χ2n) is 4.75. The molecule has 2 amide bonds. The largest absolute Gasteiger partial charge is 0.383 e. The highest BCUT2D eigenvalue weighted by Crippen LogP contribution is 2.06. The van der Waals surface area contributed by atoms with Crippen molar-refractivity contribution in [3.63, 3.8) is 0 Å². The molecule has 0 aliphatic carbocycles. The van der Waals surface area contributed by atoms with Gasteiger partial charge in [-0.1, -0.05) is 33.6 Å². The van der Waals surface area contributed by atoms with Crippen molar-refractivity contribution in [3.8, 4) is 0 Å². The van der Waals surface area contributed by atoms with Gasteiger partial charge in [-0.25, -0.2) is 0 Å². The van der Waals surface area contributed by atoms with Crippen LogP contribution in [0.15, 0.2) is 0 Å². The molecule has 0 rings (SSSR count). The predicted octanol–water partition coefficient (Wildman–Crippen LogP) is 0.554. The van der Waals surface area contributed by atoms with E-state index in [-0.39, 0.29) is 5.92 Å². The zero-order chi connectivity index (χ0) is 13.4. The maximum Gasteiger partial charge on any atom is 0.249 e. The van der Waals surface area contributed by atoms with Crippen LogP contribution in [0.25, 0.3) is 0 Å². The summed E-state index contributed by atoms with van der Waals surface area (Å²) < 4.78 is 0. The number of carbonyl (C=O) groups is 2. The average molecular weight is 244 g/mol. The number of unbranched alkanes of at least 4 members (excludes halogenated alkanes) is 1. The Kier molecular flexibility index (Phi) is 7.54. The number of aliphatic hydroxyl groups is 1. The Labute approximate surface area is 103 Å². The molecule has 0 heterocycles. The molecule has 100 valence electrons. The summed E-state index contributed by atoms with van der Waals surface area (Å²) in [7, 11) is 0. The lowest BCUT2D eigenvalue weighted by molar-refractivity contribution is -0.133. The Hall–Kier alpha value is -1.10. The third kappa shape index (κ3) is 6.94. The summed E-state index contributed by atoms with van der Waals surface area (Å²) in [5.74, 6) is -0.821. The summed E-state index contributed by atoms with van der Waals surface area (Å²) in [6, 6.07) is -0.696. The first-order valence-electron chi connectivity index (χ1n) is 6.16. The van der Waals surface area contributed by atoms with Gasteiger partial charge in [-0.2, -0.15) is 0 Å². The van der Waals surface area contributed by atoms with E-state index in [0.29, 0.717) is 12.8 Å². The lowest BCUT2D eigenvalue weighted by atomic mass is 10.0. The Balaban J connectivity index is 4.25. The lowest BCUT2D eigenvalue weighted by Gasteiger charge is -2.19. The van der Waals surface area contributed by atoms with Crippen molar-refractivity contribution in [2.75, 3.05) is 0 Å². The van der Waals surface area contributed by atoms with Gasteiger partial charge in [0.2, 0.25) is 11.8 Å². The molecule has 0 spiro atoms. The first-order valence-corrected chi connectivity index (χ1v) is 6.16. The van der Waals surface area contributed by atoms with Gasteiger partial charge in [-0.15, -0.1) is 0 Å². The van der Waals surface area contributed by atoms with E-state index < -0.39 is 24.0 Å². The fourth-order valence-electron chi connectivity index (χ4n) is 1.51. The molecule has 0 aromatic carbocycles. The van der Waals surface area contributed by atoms with Crippen molar-refractivity contribution in [2.24, 2.45) is 11.7 Å². The van der Waals surface area contributed by atoms with Crippen LogP contribution in [0, 0.1) is 5.92 Å². The fraction of sp³-hybridized carbons (Fsp3) is 0.833. The van der Waals surface area contributed by atoms with Crippen LogP contribution in [-0.2, 0) is 9.59 Å². The topological polar surface area (TPSA) is 92.4 Å². The molecule has 0 radical (unpaired) electrons. The lowest BCUT2D eigenvalue weighted by Crippen LogP contribution is -2.48. The van der Waals surface area contributed by atoms with Crippen molar-refractivity contribution in [3.05, 3.63) is 0 Å². The van der Waals surface area contributed by atoms with Crippen molar-refractivity contribution in [2.45, 2.75) is 58.6 Å². The molecule has 0 aromatic rings. The van der Waals surface area contributed by atoms with E-state index in [9.17, 15) is 14.7 Å². The van der Waals surface area contributed by atoms with Crippen molar-refractivity contribution >= 4 is 11.8 Å². The normalized spacial score (nSPS) is 14.4. The second-order valence-corrected chi connectivity index (χ2v) is 4.75. The van der Waals surface area contributed by atoms with Gasteiger partial charge in [-0.3, -0.25) is 9.59 Å². The maximum atomic E-state index is 11.6. The van der Waals surface area contributed by atoms with Crippen LogP contribution >= 0.6 is 0 Å². The minimum absolute atomic E-state index is 0.251. The summed E-state index contributed by atoms with van der Waals surface area (Å²) in [6.07, 6.45) is 1.54. The van der Waals surface area contributed by atoms with Crippen LogP contribution in [-0.4, -0.2) is 29.1 Å². The highest BCUT2D eigenvalue weighted by atomic mass is 16.3. The SMILES string of the molecule is CCCC[C@H](O)C(=O)N[C@@H](CC(C)C)C(N)=O. The molecule has 0 saturated carbocycles. The van der Waals surface area contributed by atoms with E-state index in [1.807, 2.05) is 20.8 Å². The number of primary amides is 1. The van der Waals surface area contributed by atoms with Crippen LogP contribution in [0.1, 0.15) is 46.5 Å². The van der Waals surface area contributed by atoms with Gasteiger partial charge in [0.1, 0.15) is 12.1 Å². The molecule has 5 heteroatoms. The van der Waals surface area contributed by atoms with Gasteiger partial charge in [0.05, 0.1) is 0 Å².